The highest BCUT2D eigenvalue weighted by Crippen LogP contribution is 2.22. The van der Waals surface area contributed by atoms with Gasteiger partial charge in [-0.1, -0.05) is 43.1 Å². The van der Waals surface area contributed by atoms with E-state index >= 15 is 0 Å². The van der Waals surface area contributed by atoms with Crippen LogP contribution in [0.4, 0.5) is 0 Å². The molecule has 1 aromatic heterocycles. The van der Waals surface area contributed by atoms with Crippen LogP contribution < -0.4 is 10.7 Å². The fourth-order valence-corrected chi connectivity index (χ4v) is 2.39. The Kier molecular flexibility index (Phi) is 7.12. The average molecular weight is 393 g/mol. The van der Waals surface area contributed by atoms with Gasteiger partial charge in [0.05, 0.1) is 16.3 Å². The van der Waals surface area contributed by atoms with E-state index in [1.54, 1.807) is 30.6 Å². The third-order valence-electron chi connectivity index (χ3n) is 3.49. The normalized spacial score (nSPS) is 12.2. The molecule has 8 heteroatoms. The topological polar surface area (TPSA) is 83.5 Å². The Bertz CT molecular complexity index is 810. The molecule has 0 bridgehead atoms. The lowest BCUT2D eigenvalue weighted by atomic mass is 10.0. The number of pyridine rings is 1. The first kappa shape index (κ1) is 19.9. The van der Waals surface area contributed by atoms with Crippen LogP contribution in [-0.4, -0.2) is 29.1 Å². The van der Waals surface area contributed by atoms with Crippen molar-refractivity contribution in [2.24, 2.45) is 11.0 Å². The molecule has 2 N–H and O–H groups in total. The molecule has 0 saturated heterocycles. The van der Waals surface area contributed by atoms with Gasteiger partial charge in [0.2, 0.25) is 0 Å². The molecule has 1 unspecified atom stereocenters. The molecule has 136 valence electrons. The number of amides is 2. The van der Waals surface area contributed by atoms with Gasteiger partial charge in [0.25, 0.3) is 11.8 Å². The Morgan fingerprint density at radius 2 is 1.96 bits per heavy atom. The molecule has 2 rings (SSSR count). The minimum absolute atomic E-state index is 0.143. The Morgan fingerprint density at radius 1 is 1.19 bits per heavy atom. The third kappa shape index (κ3) is 5.54. The minimum atomic E-state index is -0.761. The van der Waals surface area contributed by atoms with E-state index in [-0.39, 0.29) is 10.9 Å². The van der Waals surface area contributed by atoms with E-state index < -0.39 is 17.9 Å². The number of nitrogens with zero attached hydrogens (tertiary/aromatic N) is 2. The van der Waals surface area contributed by atoms with E-state index in [2.05, 4.69) is 20.8 Å². The van der Waals surface area contributed by atoms with Gasteiger partial charge >= 0.3 is 0 Å². The number of nitrogens with one attached hydrogen (secondary N) is 2. The van der Waals surface area contributed by atoms with Gasteiger partial charge < -0.3 is 5.32 Å². The molecule has 26 heavy (non-hydrogen) atoms. The van der Waals surface area contributed by atoms with E-state index in [9.17, 15) is 9.59 Å². The van der Waals surface area contributed by atoms with Crippen LogP contribution in [-0.2, 0) is 4.79 Å². The summed E-state index contributed by atoms with van der Waals surface area (Å²) < 4.78 is 0. The van der Waals surface area contributed by atoms with Crippen molar-refractivity contribution in [2.75, 3.05) is 0 Å². The van der Waals surface area contributed by atoms with Crippen LogP contribution in [0.1, 0.15) is 29.8 Å². The molecular weight excluding hydrogens is 375 g/mol. The molecule has 0 aliphatic carbocycles. The highest BCUT2D eigenvalue weighted by atomic mass is 35.5. The zero-order valence-electron chi connectivity index (χ0n) is 14.2. The number of carbonyl (C=O) groups is 2. The highest BCUT2D eigenvalue weighted by molar-refractivity contribution is 6.42. The maximum atomic E-state index is 12.4. The molecule has 0 fully saturated rings. The second-order valence-electron chi connectivity index (χ2n) is 5.84. The lowest BCUT2D eigenvalue weighted by Gasteiger charge is -2.20. The molecule has 1 atom stereocenters. The van der Waals surface area contributed by atoms with Gasteiger partial charge in [0, 0.05) is 23.5 Å². The van der Waals surface area contributed by atoms with Crippen molar-refractivity contribution in [1.29, 1.82) is 0 Å². The van der Waals surface area contributed by atoms with Crippen molar-refractivity contribution < 1.29 is 9.59 Å². The summed E-state index contributed by atoms with van der Waals surface area (Å²) in [5, 5.41) is 7.21. The van der Waals surface area contributed by atoms with Gasteiger partial charge in [0.1, 0.15) is 6.04 Å². The lowest BCUT2D eigenvalue weighted by molar-refractivity contribution is -0.123. The number of halogens is 2. The predicted molar refractivity (Wildman–Crippen MR) is 103 cm³/mol. The monoisotopic (exact) mass is 392 g/mol. The summed E-state index contributed by atoms with van der Waals surface area (Å²) in [6.07, 6.45) is 4.73. The van der Waals surface area contributed by atoms with Crippen LogP contribution in [0.3, 0.4) is 0 Å². The Morgan fingerprint density at radius 3 is 2.58 bits per heavy atom. The summed E-state index contributed by atoms with van der Waals surface area (Å²) >= 11 is 11.8. The van der Waals surface area contributed by atoms with E-state index in [0.717, 1.165) is 5.56 Å². The van der Waals surface area contributed by atoms with Crippen LogP contribution >= 0.6 is 23.2 Å². The molecule has 0 spiro atoms. The highest BCUT2D eigenvalue weighted by Gasteiger charge is 2.24. The summed E-state index contributed by atoms with van der Waals surface area (Å²) in [5.74, 6) is -0.988. The smallest absolute Gasteiger partial charge is 0.262 e. The summed E-state index contributed by atoms with van der Waals surface area (Å²) in [6, 6.07) is 7.32. The summed E-state index contributed by atoms with van der Waals surface area (Å²) in [5.41, 5.74) is 3.49. The zero-order chi connectivity index (χ0) is 19.1. The van der Waals surface area contributed by atoms with Gasteiger partial charge in [-0.2, -0.15) is 5.10 Å². The second kappa shape index (κ2) is 9.31. The number of hydrogen-bond donors (Lipinski definition) is 2. The van der Waals surface area contributed by atoms with Crippen molar-refractivity contribution in [3.63, 3.8) is 0 Å². The average Bonchev–Trinajstić information content (AvgIpc) is 2.62. The quantitative estimate of drug-likeness (QED) is 0.584. The fraction of sp³-hybridized carbons (Fsp3) is 0.222. The first-order chi connectivity index (χ1) is 12.4. The van der Waals surface area contributed by atoms with Crippen molar-refractivity contribution in [3.8, 4) is 0 Å². The Hall–Kier alpha value is -2.44. The first-order valence-corrected chi connectivity index (χ1v) is 8.63. The maximum absolute atomic E-state index is 12.4. The van der Waals surface area contributed by atoms with Crippen LogP contribution in [0.25, 0.3) is 0 Å². The van der Waals surface area contributed by atoms with Crippen molar-refractivity contribution in [2.45, 2.75) is 19.9 Å². The molecular formula is C18H18Cl2N4O2. The summed E-state index contributed by atoms with van der Waals surface area (Å²) in [4.78, 5) is 28.7. The molecule has 0 radical (unpaired) electrons. The van der Waals surface area contributed by atoms with E-state index in [4.69, 9.17) is 23.2 Å². The van der Waals surface area contributed by atoms with Gasteiger partial charge in [-0.05, 0) is 30.2 Å². The van der Waals surface area contributed by atoms with Gasteiger partial charge in [0.15, 0.2) is 0 Å². The predicted octanol–water partition coefficient (Wildman–Crippen LogP) is 3.29. The number of hydrazone groups is 1. The van der Waals surface area contributed by atoms with E-state index in [1.165, 1.54) is 18.3 Å². The van der Waals surface area contributed by atoms with Crippen molar-refractivity contribution >= 4 is 41.2 Å². The zero-order valence-corrected chi connectivity index (χ0v) is 15.8. The number of rotatable bonds is 6. The molecule has 2 amide bonds. The Labute approximate surface area is 161 Å². The molecule has 0 aliphatic rings. The minimum Gasteiger partial charge on any atom is -0.340 e. The molecule has 1 heterocycles. The largest absolute Gasteiger partial charge is 0.340 e. The van der Waals surface area contributed by atoms with Gasteiger partial charge in [-0.3, -0.25) is 14.6 Å². The third-order valence-corrected chi connectivity index (χ3v) is 4.23. The van der Waals surface area contributed by atoms with E-state index in [1.807, 2.05) is 13.8 Å². The molecule has 2 aromatic rings. The summed E-state index contributed by atoms with van der Waals surface area (Å²) in [7, 11) is 0. The van der Waals surface area contributed by atoms with Gasteiger partial charge in [-0.15, -0.1) is 0 Å². The standard InChI is InChI=1S/C18H18Cl2N4O2/c1-11(2)16(18(26)24-22-10-12-4-3-7-21-9-12)23-17(25)13-5-6-14(19)15(20)8-13/h3-11,16H,1-2H3,(H,23,25)(H,24,26). The maximum Gasteiger partial charge on any atom is 0.262 e. The molecule has 0 aliphatic heterocycles. The van der Waals surface area contributed by atoms with Crippen LogP contribution in [0.2, 0.25) is 10.0 Å². The lowest BCUT2D eigenvalue weighted by Crippen LogP contribution is -2.48. The first-order valence-electron chi connectivity index (χ1n) is 7.87. The Balaban J connectivity index is 2.03. The van der Waals surface area contributed by atoms with Gasteiger partial charge in [-0.25, -0.2) is 5.43 Å². The number of carbonyl (C=O) groups excluding carboxylic acids is 2. The fourth-order valence-electron chi connectivity index (χ4n) is 2.09. The van der Waals surface area contributed by atoms with E-state index in [0.29, 0.717) is 10.6 Å². The molecule has 6 nitrogen and oxygen atoms in total. The summed E-state index contributed by atoms with van der Waals surface area (Å²) in [6.45, 7) is 3.65. The number of hydrogen-bond acceptors (Lipinski definition) is 4. The number of aromatic nitrogens is 1. The van der Waals surface area contributed by atoms with Crippen LogP contribution in [0.15, 0.2) is 47.8 Å². The van der Waals surface area contributed by atoms with Crippen molar-refractivity contribution in [3.05, 3.63) is 63.9 Å². The van der Waals surface area contributed by atoms with Crippen LogP contribution in [0.5, 0.6) is 0 Å². The molecule has 1 aromatic carbocycles. The number of benzene rings is 1. The SMILES string of the molecule is CC(C)C(NC(=O)c1ccc(Cl)c(Cl)c1)C(=O)NN=Cc1cccnc1. The second-order valence-corrected chi connectivity index (χ2v) is 6.66. The molecule has 0 saturated carbocycles. The van der Waals surface area contributed by atoms with Crippen molar-refractivity contribution in [1.82, 2.24) is 15.7 Å². The van der Waals surface area contributed by atoms with Crippen LogP contribution in [0, 0.1) is 5.92 Å².